The molecule has 2 aromatic rings. The first-order valence-corrected chi connectivity index (χ1v) is 8.00. The molecule has 0 heterocycles. The summed E-state index contributed by atoms with van der Waals surface area (Å²) in [4.78, 5) is 48.3. The van der Waals surface area contributed by atoms with Gasteiger partial charge in [-0.3, -0.25) is 19.2 Å². The van der Waals surface area contributed by atoms with Crippen LogP contribution in [0.15, 0.2) is 36.4 Å². The Hall–Kier alpha value is -3.28. The number of hydrogen-bond donors (Lipinski definition) is 0. The van der Waals surface area contributed by atoms with Crippen LogP contribution in [-0.2, 0) is 9.59 Å². The van der Waals surface area contributed by atoms with Crippen LogP contribution in [0, 0.1) is 0 Å². The van der Waals surface area contributed by atoms with Crippen molar-refractivity contribution in [2.45, 2.75) is 13.8 Å². The zero-order chi connectivity index (χ0) is 18.8. The molecule has 0 saturated heterocycles. The van der Waals surface area contributed by atoms with Gasteiger partial charge in [0.2, 0.25) is 0 Å². The summed E-state index contributed by atoms with van der Waals surface area (Å²) < 4.78 is 10.9. The van der Waals surface area contributed by atoms with Crippen LogP contribution in [0.3, 0.4) is 0 Å². The maximum Gasteiger partial charge on any atom is 0.198 e. The lowest BCUT2D eigenvalue weighted by Gasteiger charge is -2.22. The van der Waals surface area contributed by atoms with Gasteiger partial charge in [0.05, 0.1) is 5.56 Å². The fourth-order valence-electron chi connectivity index (χ4n) is 2.75. The number of ketones is 4. The van der Waals surface area contributed by atoms with Crippen molar-refractivity contribution in [1.29, 1.82) is 0 Å². The van der Waals surface area contributed by atoms with Crippen molar-refractivity contribution in [3.8, 4) is 11.5 Å². The summed E-state index contributed by atoms with van der Waals surface area (Å²) in [5.41, 5.74) is 0.819. The predicted molar refractivity (Wildman–Crippen MR) is 92.1 cm³/mol. The second-order valence-corrected chi connectivity index (χ2v) is 6.00. The molecule has 1 aliphatic rings. The number of ether oxygens (including phenoxy) is 2. The van der Waals surface area contributed by atoms with Crippen LogP contribution >= 0.6 is 0 Å². The van der Waals surface area contributed by atoms with E-state index in [2.05, 4.69) is 0 Å². The Kier molecular flexibility index (Phi) is 4.67. The van der Waals surface area contributed by atoms with Gasteiger partial charge in [-0.05, 0) is 26.0 Å². The Bertz CT molecular complexity index is 941. The van der Waals surface area contributed by atoms with E-state index in [4.69, 9.17) is 9.47 Å². The molecule has 0 bridgehead atoms. The third-order valence-corrected chi connectivity index (χ3v) is 3.86. The lowest BCUT2D eigenvalue weighted by atomic mass is 9.83. The third kappa shape index (κ3) is 3.13. The summed E-state index contributed by atoms with van der Waals surface area (Å²) in [6, 6.07) is 9.46. The number of carbonyl (C=O) groups is 4. The van der Waals surface area contributed by atoms with Crippen molar-refractivity contribution in [3.05, 3.63) is 58.7 Å². The molecule has 0 N–H and O–H groups in total. The largest absolute Gasteiger partial charge is 0.482 e. The first-order chi connectivity index (χ1) is 12.4. The van der Waals surface area contributed by atoms with Gasteiger partial charge < -0.3 is 9.47 Å². The van der Waals surface area contributed by atoms with Gasteiger partial charge in [0, 0.05) is 16.7 Å². The smallest absolute Gasteiger partial charge is 0.198 e. The number of benzene rings is 2. The second-order valence-electron chi connectivity index (χ2n) is 6.00. The van der Waals surface area contributed by atoms with Crippen molar-refractivity contribution in [3.63, 3.8) is 0 Å². The van der Waals surface area contributed by atoms with Crippen LogP contribution < -0.4 is 9.47 Å². The Balaban J connectivity index is 2.15. The topological polar surface area (TPSA) is 86.7 Å². The summed E-state index contributed by atoms with van der Waals surface area (Å²) in [5.74, 6) is -1.02. The van der Waals surface area contributed by atoms with Gasteiger partial charge in [-0.2, -0.15) is 0 Å². The predicted octanol–water partition coefficient (Wildman–Crippen LogP) is 2.40. The lowest BCUT2D eigenvalue weighted by Crippen LogP contribution is -2.23. The van der Waals surface area contributed by atoms with Crippen molar-refractivity contribution in [2.24, 2.45) is 0 Å². The molecular weight excluding hydrogens is 336 g/mol. The monoisotopic (exact) mass is 352 g/mol. The van der Waals surface area contributed by atoms with E-state index in [0.29, 0.717) is 5.56 Å². The van der Waals surface area contributed by atoms with Crippen LogP contribution in [0.5, 0.6) is 11.5 Å². The number of hydrogen-bond acceptors (Lipinski definition) is 6. The minimum absolute atomic E-state index is 0.00630. The molecule has 132 valence electrons. The molecule has 0 fully saturated rings. The molecule has 0 unspecified atom stereocenters. The van der Waals surface area contributed by atoms with Crippen LogP contribution in [0.2, 0.25) is 0 Å². The molecule has 0 aromatic heterocycles. The summed E-state index contributed by atoms with van der Waals surface area (Å²) in [7, 11) is 0. The van der Waals surface area contributed by atoms with Gasteiger partial charge in [0.25, 0.3) is 0 Å². The molecular formula is C20H16O6. The Morgan fingerprint density at radius 2 is 1.35 bits per heavy atom. The van der Waals surface area contributed by atoms with Crippen molar-refractivity contribution in [2.75, 3.05) is 13.2 Å². The average molecular weight is 352 g/mol. The number of rotatable bonds is 6. The van der Waals surface area contributed by atoms with E-state index in [1.807, 2.05) is 0 Å². The Morgan fingerprint density at radius 1 is 0.769 bits per heavy atom. The third-order valence-electron chi connectivity index (χ3n) is 3.86. The molecule has 1 aliphatic carbocycles. The lowest BCUT2D eigenvalue weighted by molar-refractivity contribution is -0.120. The highest BCUT2D eigenvalue weighted by atomic mass is 16.5. The molecule has 0 aliphatic heterocycles. The molecule has 6 nitrogen and oxygen atoms in total. The van der Waals surface area contributed by atoms with Crippen LogP contribution in [0.25, 0.3) is 0 Å². The van der Waals surface area contributed by atoms with Crippen molar-refractivity contribution in [1.82, 2.24) is 0 Å². The maximum atomic E-state index is 13.0. The fraction of sp³-hybridized carbons (Fsp3) is 0.200. The highest BCUT2D eigenvalue weighted by Crippen LogP contribution is 2.39. The van der Waals surface area contributed by atoms with Crippen LogP contribution in [-0.4, -0.2) is 36.3 Å². The number of fused-ring (bicyclic) bond motifs is 2. The Morgan fingerprint density at radius 3 is 1.96 bits per heavy atom. The highest BCUT2D eigenvalue weighted by molar-refractivity contribution is 6.29. The van der Waals surface area contributed by atoms with Crippen molar-refractivity contribution >= 4 is 23.1 Å². The molecule has 0 spiro atoms. The zero-order valence-electron chi connectivity index (χ0n) is 14.3. The number of carbonyl (C=O) groups excluding carboxylic acids is 4. The standard InChI is InChI=1S/C20H16O6/c1-11(21)9-25-16-8-7-15-17(20(16)26-10-12(2)22)19(24)14-6-4-3-5-13(14)18(15)23/h3-8H,9-10H2,1-2H3. The molecule has 26 heavy (non-hydrogen) atoms. The van der Waals surface area contributed by atoms with E-state index >= 15 is 0 Å². The fourth-order valence-corrected chi connectivity index (χ4v) is 2.75. The summed E-state index contributed by atoms with van der Waals surface area (Å²) in [5, 5.41) is 0. The summed E-state index contributed by atoms with van der Waals surface area (Å²) in [6.45, 7) is 2.21. The van der Waals surface area contributed by atoms with Crippen LogP contribution in [0.1, 0.15) is 45.7 Å². The first-order valence-electron chi connectivity index (χ1n) is 8.00. The van der Waals surface area contributed by atoms with Gasteiger partial charge in [0.15, 0.2) is 34.6 Å². The normalized spacial score (nSPS) is 12.2. The van der Waals surface area contributed by atoms with E-state index in [1.54, 1.807) is 24.3 Å². The molecule has 0 saturated carbocycles. The summed E-state index contributed by atoms with van der Waals surface area (Å²) >= 11 is 0. The maximum absolute atomic E-state index is 13.0. The molecule has 0 atom stereocenters. The average Bonchev–Trinajstić information content (AvgIpc) is 2.62. The van der Waals surface area contributed by atoms with E-state index in [1.165, 1.54) is 26.0 Å². The molecule has 2 aromatic carbocycles. The highest BCUT2D eigenvalue weighted by Gasteiger charge is 2.34. The van der Waals surface area contributed by atoms with Crippen LogP contribution in [0.4, 0.5) is 0 Å². The quantitative estimate of drug-likeness (QED) is 0.677. The van der Waals surface area contributed by atoms with Gasteiger partial charge in [-0.1, -0.05) is 24.3 Å². The van der Waals surface area contributed by atoms with Gasteiger partial charge >= 0.3 is 0 Å². The van der Waals surface area contributed by atoms with E-state index < -0.39 is 0 Å². The molecule has 3 rings (SSSR count). The Labute approximate surface area is 149 Å². The van der Waals surface area contributed by atoms with E-state index in [9.17, 15) is 19.2 Å². The zero-order valence-corrected chi connectivity index (χ0v) is 14.3. The molecule has 6 heteroatoms. The molecule has 0 radical (unpaired) electrons. The SMILES string of the molecule is CC(=O)COc1ccc2c(c1OCC(C)=O)C(=O)c1ccccc1C2=O. The summed E-state index contributed by atoms with van der Waals surface area (Å²) in [6.07, 6.45) is 0. The van der Waals surface area contributed by atoms with E-state index in [-0.39, 0.29) is 64.5 Å². The molecule has 0 amide bonds. The minimum atomic E-state index is -0.387. The second kappa shape index (κ2) is 6.92. The van der Waals surface area contributed by atoms with Crippen molar-refractivity contribution < 1.29 is 28.7 Å². The van der Waals surface area contributed by atoms with Gasteiger partial charge in [-0.25, -0.2) is 0 Å². The van der Waals surface area contributed by atoms with Gasteiger partial charge in [0.1, 0.15) is 13.2 Å². The minimum Gasteiger partial charge on any atom is -0.482 e. The van der Waals surface area contributed by atoms with Gasteiger partial charge in [-0.15, -0.1) is 0 Å². The first kappa shape index (κ1) is 17.5. The van der Waals surface area contributed by atoms with E-state index in [0.717, 1.165) is 0 Å². The number of Topliss-reactive ketones (excluding diaryl/α,β-unsaturated/α-hetero) is 2.